The van der Waals surface area contributed by atoms with E-state index >= 15 is 0 Å². The molecule has 106 valence electrons. The van der Waals surface area contributed by atoms with Crippen LogP contribution in [0.5, 0.6) is 0 Å². The molecule has 1 unspecified atom stereocenters. The van der Waals surface area contributed by atoms with Gasteiger partial charge in [0.1, 0.15) is 10.7 Å². The summed E-state index contributed by atoms with van der Waals surface area (Å²) in [6, 6.07) is 3.74. The van der Waals surface area contributed by atoms with Crippen LogP contribution >= 0.6 is 0 Å². The fourth-order valence-electron chi connectivity index (χ4n) is 2.19. The van der Waals surface area contributed by atoms with Crippen molar-refractivity contribution in [1.82, 2.24) is 9.62 Å². The first kappa shape index (κ1) is 14.4. The molecule has 19 heavy (non-hydrogen) atoms. The SMILES string of the molecule is CN1CCC(NS(=O)(=O)c2cc(CN)ccc2F)C1. The summed E-state index contributed by atoms with van der Waals surface area (Å²) in [5, 5.41) is 0. The summed E-state index contributed by atoms with van der Waals surface area (Å²) in [6.45, 7) is 1.64. The maximum absolute atomic E-state index is 13.7. The molecule has 1 aliphatic rings. The molecule has 0 aliphatic carbocycles. The van der Waals surface area contributed by atoms with Gasteiger partial charge in [0.05, 0.1) is 0 Å². The Kier molecular flexibility index (Phi) is 4.19. The molecule has 3 N–H and O–H groups in total. The second kappa shape index (κ2) is 5.54. The number of sulfonamides is 1. The fourth-order valence-corrected chi connectivity index (χ4v) is 3.58. The number of hydrogen-bond donors (Lipinski definition) is 2. The van der Waals surface area contributed by atoms with Crippen LogP contribution in [0.3, 0.4) is 0 Å². The van der Waals surface area contributed by atoms with Crippen molar-refractivity contribution in [3.8, 4) is 0 Å². The second-order valence-corrected chi connectivity index (χ2v) is 6.52. The Bertz CT molecular complexity index is 562. The molecule has 0 bridgehead atoms. The van der Waals surface area contributed by atoms with Gasteiger partial charge in [-0.05, 0) is 37.7 Å². The molecule has 0 saturated carbocycles. The molecule has 1 aromatic rings. The van der Waals surface area contributed by atoms with E-state index in [0.717, 1.165) is 19.0 Å². The minimum absolute atomic E-state index is 0.170. The minimum atomic E-state index is -3.84. The first-order valence-electron chi connectivity index (χ1n) is 6.12. The number of hydrogen-bond acceptors (Lipinski definition) is 4. The van der Waals surface area contributed by atoms with E-state index in [9.17, 15) is 12.8 Å². The van der Waals surface area contributed by atoms with Gasteiger partial charge in [-0.15, -0.1) is 0 Å². The first-order chi connectivity index (χ1) is 8.92. The van der Waals surface area contributed by atoms with Gasteiger partial charge in [-0.25, -0.2) is 17.5 Å². The van der Waals surface area contributed by atoms with Crippen LogP contribution < -0.4 is 10.5 Å². The van der Waals surface area contributed by atoms with Crippen LogP contribution in [0.25, 0.3) is 0 Å². The molecule has 7 heteroatoms. The van der Waals surface area contributed by atoms with Crippen molar-refractivity contribution in [1.29, 1.82) is 0 Å². The molecule has 0 amide bonds. The first-order valence-corrected chi connectivity index (χ1v) is 7.60. The van der Waals surface area contributed by atoms with E-state index in [1.54, 1.807) is 0 Å². The van der Waals surface area contributed by atoms with Gasteiger partial charge >= 0.3 is 0 Å². The van der Waals surface area contributed by atoms with Crippen LogP contribution in [-0.4, -0.2) is 39.5 Å². The highest BCUT2D eigenvalue weighted by atomic mass is 32.2. The molecule has 1 aromatic carbocycles. The third kappa shape index (κ3) is 3.30. The molecule has 0 radical (unpaired) electrons. The minimum Gasteiger partial charge on any atom is -0.326 e. The van der Waals surface area contributed by atoms with Gasteiger partial charge < -0.3 is 10.6 Å². The van der Waals surface area contributed by atoms with Gasteiger partial charge in [0, 0.05) is 19.1 Å². The maximum atomic E-state index is 13.7. The predicted octanol–water partition coefficient (Wildman–Crippen LogP) is 0.267. The monoisotopic (exact) mass is 287 g/mol. The molecular formula is C12H18FN3O2S. The summed E-state index contributed by atoms with van der Waals surface area (Å²) in [6.07, 6.45) is 0.730. The molecule has 1 fully saturated rings. The lowest BCUT2D eigenvalue weighted by Gasteiger charge is -2.14. The Morgan fingerprint density at radius 2 is 2.26 bits per heavy atom. The van der Waals surface area contributed by atoms with Gasteiger partial charge in [-0.3, -0.25) is 0 Å². The molecule has 0 spiro atoms. The predicted molar refractivity (Wildman–Crippen MR) is 70.5 cm³/mol. The van der Waals surface area contributed by atoms with Crippen molar-refractivity contribution in [3.63, 3.8) is 0 Å². The largest absolute Gasteiger partial charge is 0.326 e. The van der Waals surface area contributed by atoms with Crippen molar-refractivity contribution in [2.45, 2.75) is 23.9 Å². The van der Waals surface area contributed by atoms with Gasteiger partial charge in [-0.2, -0.15) is 0 Å². The zero-order chi connectivity index (χ0) is 14.0. The third-order valence-electron chi connectivity index (χ3n) is 3.23. The van der Waals surface area contributed by atoms with E-state index in [1.807, 2.05) is 11.9 Å². The van der Waals surface area contributed by atoms with Crippen molar-refractivity contribution >= 4 is 10.0 Å². The standard InChI is InChI=1S/C12H18FN3O2S/c1-16-5-4-10(8-16)15-19(17,18)12-6-9(7-14)2-3-11(12)13/h2-3,6,10,15H,4-5,7-8,14H2,1H3. The zero-order valence-corrected chi connectivity index (χ0v) is 11.6. The zero-order valence-electron chi connectivity index (χ0n) is 10.8. The second-order valence-electron chi connectivity index (χ2n) is 4.84. The highest BCUT2D eigenvalue weighted by molar-refractivity contribution is 7.89. The average molecular weight is 287 g/mol. The number of nitrogens with zero attached hydrogens (tertiary/aromatic N) is 1. The highest BCUT2D eigenvalue weighted by Crippen LogP contribution is 2.18. The van der Waals surface area contributed by atoms with Gasteiger partial charge in [0.15, 0.2) is 0 Å². The van der Waals surface area contributed by atoms with E-state index < -0.39 is 15.8 Å². The van der Waals surface area contributed by atoms with Crippen molar-refractivity contribution < 1.29 is 12.8 Å². The number of benzene rings is 1. The smallest absolute Gasteiger partial charge is 0.243 e. The number of halogens is 1. The summed E-state index contributed by atoms with van der Waals surface area (Å²) < 4.78 is 40.6. The number of nitrogens with two attached hydrogens (primary N) is 1. The van der Waals surface area contributed by atoms with E-state index in [-0.39, 0.29) is 17.5 Å². The summed E-state index contributed by atoms with van der Waals surface area (Å²) in [5.41, 5.74) is 6.04. The number of likely N-dealkylation sites (N-methyl/N-ethyl adjacent to an activating group) is 1. The average Bonchev–Trinajstić information content (AvgIpc) is 2.74. The molecule has 1 aliphatic heterocycles. The molecule has 5 nitrogen and oxygen atoms in total. The van der Waals surface area contributed by atoms with Crippen molar-refractivity contribution in [2.24, 2.45) is 5.73 Å². The summed E-state index contributed by atoms with van der Waals surface area (Å²) in [5.74, 6) is -0.754. The lowest BCUT2D eigenvalue weighted by atomic mass is 10.2. The Hall–Kier alpha value is -1.02. The van der Waals surface area contributed by atoms with Gasteiger partial charge in [0.25, 0.3) is 0 Å². The van der Waals surface area contributed by atoms with Crippen molar-refractivity contribution in [3.05, 3.63) is 29.6 Å². The number of likely N-dealkylation sites (tertiary alicyclic amines) is 1. The third-order valence-corrected chi connectivity index (χ3v) is 4.77. The number of rotatable bonds is 4. The van der Waals surface area contributed by atoms with Crippen LogP contribution in [0.2, 0.25) is 0 Å². The molecule has 1 atom stereocenters. The van der Waals surface area contributed by atoms with Crippen LogP contribution in [0, 0.1) is 5.82 Å². The molecular weight excluding hydrogens is 269 g/mol. The number of nitrogens with one attached hydrogen (secondary N) is 1. The Labute approximate surface area is 112 Å². The van der Waals surface area contributed by atoms with E-state index in [4.69, 9.17) is 5.73 Å². The quantitative estimate of drug-likeness (QED) is 0.833. The molecule has 1 heterocycles. The van der Waals surface area contributed by atoms with E-state index in [2.05, 4.69) is 4.72 Å². The van der Waals surface area contributed by atoms with Crippen LogP contribution in [0.15, 0.2) is 23.1 Å². The molecule has 2 rings (SSSR count). The van der Waals surface area contributed by atoms with Gasteiger partial charge in [0.2, 0.25) is 10.0 Å². The maximum Gasteiger partial charge on any atom is 0.243 e. The molecule has 0 aromatic heterocycles. The van der Waals surface area contributed by atoms with E-state index in [0.29, 0.717) is 12.1 Å². The summed E-state index contributed by atoms with van der Waals surface area (Å²) >= 11 is 0. The molecule has 1 saturated heterocycles. The van der Waals surface area contributed by atoms with Crippen LogP contribution in [0.1, 0.15) is 12.0 Å². The lowest BCUT2D eigenvalue weighted by Crippen LogP contribution is -2.36. The fraction of sp³-hybridized carbons (Fsp3) is 0.500. The Balaban J connectivity index is 2.24. The Morgan fingerprint density at radius 3 is 2.84 bits per heavy atom. The normalized spacial score (nSPS) is 20.9. The summed E-state index contributed by atoms with van der Waals surface area (Å²) in [4.78, 5) is 1.70. The van der Waals surface area contributed by atoms with Crippen molar-refractivity contribution in [2.75, 3.05) is 20.1 Å². The van der Waals surface area contributed by atoms with E-state index in [1.165, 1.54) is 12.1 Å². The van der Waals surface area contributed by atoms with Crippen LogP contribution in [-0.2, 0) is 16.6 Å². The highest BCUT2D eigenvalue weighted by Gasteiger charge is 2.27. The lowest BCUT2D eigenvalue weighted by molar-refractivity contribution is 0.407. The van der Waals surface area contributed by atoms with Gasteiger partial charge in [-0.1, -0.05) is 6.07 Å². The summed E-state index contributed by atoms with van der Waals surface area (Å²) in [7, 11) is -1.92. The topological polar surface area (TPSA) is 75.4 Å². The van der Waals surface area contributed by atoms with Crippen LogP contribution in [0.4, 0.5) is 4.39 Å². The Morgan fingerprint density at radius 1 is 1.53 bits per heavy atom.